The molecular weight excluding hydrogens is 410 g/mol. The molecule has 2 aromatic rings. The largest absolute Gasteiger partial charge is 0.481 e. The number of rotatable bonds is 7. The Morgan fingerprint density at radius 2 is 1.76 bits per heavy atom. The molecule has 5 heteroatoms. The second kappa shape index (κ2) is 9.84. The summed E-state index contributed by atoms with van der Waals surface area (Å²) in [6, 6.07) is 20.8. The lowest BCUT2D eigenvalue weighted by Gasteiger charge is -2.45. The standard InChI is InChI=1S/C28H29N3O2/c1-21(27(32)33)18-19-29-26-22(2)20-30-31(26)28(23-12-6-3-7-13-23,24-14-8-4-9-15-24)25-16-10-5-11-17-25/h3-4,6-10,12-19,21,30H,2,5,11,20H2,1H3,(H,32,33)/b19-18-,29-26+. The number of benzene rings is 2. The molecule has 1 aliphatic carbocycles. The van der Waals surface area contributed by atoms with Crippen LogP contribution in [0, 0.1) is 5.92 Å². The van der Waals surface area contributed by atoms with Crippen LogP contribution in [0.15, 0.2) is 114 Å². The molecule has 0 amide bonds. The highest BCUT2D eigenvalue weighted by Crippen LogP contribution is 2.45. The second-order valence-corrected chi connectivity index (χ2v) is 8.28. The van der Waals surface area contributed by atoms with Crippen LogP contribution < -0.4 is 5.43 Å². The van der Waals surface area contributed by atoms with E-state index in [-0.39, 0.29) is 0 Å². The maximum atomic E-state index is 11.2. The lowest BCUT2D eigenvalue weighted by atomic mass is 9.74. The van der Waals surface area contributed by atoms with Gasteiger partial charge in [0.15, 0.2) is 0 Å². The number of carboxylic acid groups (broad SMARTS) is 1. The van der Waals surface area contributed by atoms with Crippen molar-refractivity contribution in [2.75, 3.05) is 6.54 Å². The summed E-state index contributed by atoms with van der Waals surface area (Å²) >= 11 is 0. The molecular formula is C28H29N3O2. The fraction of sp³-hybridized carbons (Fsp3) is 0.214. The zero-order chi connectivity index (χ0) is 23.3. The quantitative estimate of drug-likeness (QED) is 0.621. The van der Waals surface area contributed by atoms with E-state index in [2.05, 4.69) is 83.8 Å². The first-order valence-corrected chi connectivity index (χ1v) is 11.2. The van der Waals surface area contributed by atoms with Gasteiger partial charge in [0, 0.05) is 18.3 Å². The van der Waals surface area contributed by atoms with Gasteiger partial charge in [0.2, 0.25) is 0 Å². The summed E-state index contributed by atoms with van der Waals surface area (Å²) in [4.78, 5) is 15.9. The molecule has 1 fully saturated rings. The van der Waals surface area contributed by atoms with E-state index in [0.29, 0.717) is 12.4 Å². The molecule has 1 atom stereocenters. The summed E-state index contributed by atoms with van der Waals surface area (Å²) in [5, 5.41) is 11.3. The van der Waals surface area contributed by atoms with Gasteiger partial charge >= 0.3 is 5.97 Å². The number of carbonyl (C=O) groups is 1. The summed E-state index contributed by atoms with van der Waals surface area (Å²) in [6.07, 6.45) is 11.8. The topological polar surface area (TPSA) is 64.9 Å². The third-order valence-corrected chi connectivity index (χ3v) is 6.07. The number of hydrogen-bond donors (Lipinski definition) is 2. The van der Waals surface area contributed by atoms with Gasteiger partial charge in [-0.25, -0.2) is 10.4 Å². The van der Waals surface area contributed by atoms with Crippen LogP contribution in [0.4, 0.5) is 0 Å². The number of hydrazine groups is 1. The normalized spacial score (nSPS) is 18.7. The van der Waals surface area contributed by atoms with Gasteiger partial charge in [-0.1, -0.05) is 91.5 Å². The molecule has 5 nitrogen and oxygen atoms in total. The predicted octanol–water partition coefficient (Wildman–Crippen LogP) is 5.22. The number of allylic oxidation sites excluding steroid dienone is 2. The van der Waals surface area contributed by atoms with E-state index >= 15 is 0 Å². The van der Waals surface area contributed by atoms with Crippen LogP contribution in [-0.2, 0) is 10.3 Å². The van der Waals surface area contributed by atoms with Crippen LogP contribution in [0.3, 0.4) is 0 Å². The molecule has 33 heavy (non-hydrogen) atoms. The molecule has 1 unspecified atom stereocenters. The molecule has 0 spiro atoms. The molecule has 0 saturated carbocycles. The highest BCUT2D eigenvalue weighted by molar-refractivity contribution is 6.01. The Hall–Kier alpha value is -3.70. The molecule has 0 radical (unpaired) electrons. The Morgan fingerprint density at radius 3 is 2.30 bits per heavy atom. The minimum atomic E-state index is -0.882. The van der Waals surface area contributed by atoms with Gasteiger partial charge < -0.3 is 5.11 Å². The lowest BCUT2D eigenvalue weighted by Crippen LogP contribution is -2.54. The van der Waals surface area contributed by atoms with Crippen molar-refractivity contribution in [3.8, 4) is 0 Å². The fourth-order valence-electron chi connectivity index (χ4n) is 4.37. The maximum Gasteiger partial charge on any atom is 0.310 e. The zero-order valence-corrected chi connectivity index (χ0v) is 18.8. The zero-order valence-electron chi connectivity index (χ0n) is 18.8. The third-order valence-electron chi connectivity index (χ3n) is 6.07. The first kappa shape index (κ1) is 22.5. The van der Waals surface area contributed by atoms with Crippen molar-refractivity contribution in [1.29, 1.82) is 0 Å². The van der Waals surface area contributed by atoms with Crippen LogP contribution in [0.1, 0.15) is 30.9 Å². The van der Waals surface area contributed by atoms with Crippen LogP contribution in [0.25, 0.3) is 0 Å². The van der Waals surface area contributed by atoms with Crippen molar-refractivity contribution in [2.45, 2.75) is 25.3 Å². The molecule has 4 rings (SSSR count). The van der Waals surface area contributed by atoms with E-state index in [1.165, 1.54) is 0 Å². The number of nitrogens with zero attached hydrogens (tertiary/aromatic N) is 2. The average Bonchev–Trinajstić information content (AvgIpc) is 3.22. The van der Waals surface area contributed by atoms with Crippen molar-refractivity contribution in [2.24, 2.45) is 10.9 Å². The van der Waals surface area contributed by atoms with Crippen LogP contribution in [-0.4, -0.2) is 28.5 Å². The van der Waals surface area contributed by atoms with Crippen molar-refractivity contribution in [1.82, 2.24) is 10.4 Å². The van der Waals surface area contributed by atoms with Gasteiger partial charge in [-0.05, 0) is 36.5 Å². The van der Waals surface area contributed by atoms with Gasteiger partial charge in [0.25, 0.3) is 0 Å². The Morgan fingerprint density at radius 1 is 1.12 bits per heavy atom. The van der Waals surface area contributed by atoms with Crippen LogP contribution >= 0.6 is 0 Å². The number of hydrogen-bond acceptors (Lipinski definition) is 3. The predicted molar refractivity (Wildman–Crippen MR) is 132 cm³/mol. The van der Waals surface area contributed by atoms with E-state index in [4.69, 9.17) is 4.99 Å². The Bertz CT molecular complexity index is 1090. The van der Waals surface area contributed by atoms with Crippen LogP contribution in [0.2, 0.25) is 0 Å². The van der Waals surface area contributed by atoms with Gasteiger partial charge in [-0.15, -0.1) is 0 Å². The average molecular weight is 440 g/mol. The van der Waals surface area contributed by atoms with E-state index in [9.17, 15) is 9.90 Å². The molecule has 1 saturated heterocycles. The highest BCUT2D eigenvalue weighted by Gasteiger charge is 2.47. The molecule has 1 heterocycles. The second-order valence-electron chi connectivity index (χ2n) is 8.28. The summed E-state index contributed by atoms with van der Waals surface area (Å²) in [5.41, 5.74) is 7.06. The van der Waals surface area contributed by atoms with Gasteiger partial charge in [0.05, 0.1) is 5.92 Å². The van der Waals surface area contributed by atoms with E-state index in [0.717, 1.165) is 35.1 Å². The van der Waals surface area contributed by atoms with E-state index in [1.807, 2.05) is 12.1 Å². The van der Waals surface area contributed by atoms with Crippen molar-refractivity contribution < 1.29 is 9.90 Å². The number of aliphatic imine (C=N–C) groups is 1. The van der Waals surface area contributed by atoms with Gasteiger partial charge in [0.1, 0.15) is 11.4 Å². The molecule has 2 N–H and O–H groups in total. The van der Waals surface area contributed by atoms with Crippen molar-refractivity contribution in [3.63, 3.8) is 0 Å². The SMILES string of the molecule is C=C1CNN(C(C2=CCCC=C2)(c2ccccc2)c2ccccc2)/C1=N/C=C\C(C)C(=O)O. The van der Waals surface area contributed by atoms with Crippen LogP contribution in [0.5, 0.6) is 0 Å². The molecule has 2 aromatic carbocycles. The number of carboxylic acids is 1. The minimum Gasteiger partial charge on any atom is -0.481 e. The molecule has 168 valence electrons. The van der Waals surface area contributed by atoms with Gasteiger partial charge in [-0.3, -0.25) is 9.80 Å². The molecule has 2 aliphatic rings. The fourth-order valence-corrected chi connectivity index (χ4v) is 4.37. The number of nitrogens with one attached hydrogen (secondary N) is 1. The number of amidine groups is 1. The summed E-state index contributed by atoms with van der Waals surface area (Å²) in [7, 11) is 0. The van der Waals surface area contributed by atoms with Crippen molar-refractivity contribution >= 4 is 11.8 Å². The Kier molecular flexibility index (Phi) is 6.71. The Balaban J connectivity index is 1.94. The molecule has 0 aromatic heterocycles. The number of aliphatic carboxylic acids is 1. The smallest absolute Gasteiger partial charge is 0.310 e. The van der Waals surface area contributed by atoms with E-state index < -0.39 is 17.4 Å². The third kappa shape index (κ3) is 4.32. The molecule has 1 aliphatic heterocycles. The lowest BCUT2D eigenvalue weighted by molar-refractivity contribution is -0.139. The molecule has 0 bridgehead atoms. The highest BCUT2D eigenvalue weighted by atomic mass is 16.4. The first-order valence-electron chi connectivity index (χ1n) is 11.2. The summed E-state index contributed by atoms with van der Waals surface area (Å²) < 4.78 is 0. The Labute approximate surface area is 195 Å². The maximum absolute atomic E-state index is 11.2. The summed E-state index contributed by atoms with van der Waals surface area (Å²) in [5.74, 6) is -0.814. The van der Waals surface area contributed by atoms with Crippen molar-refractivity contribution in [3.05, 3.63) is 120 Å². The van der Waals surface area contributed by atoms with E-state index in [1.54, 1.807) is 19.2 Å². The minimum absolute atomic E-state index is 0.555. The first-order chi connectivity index (χ1) is 16.0. The van der Waals surface area contributed by atoms with Gasteiger partial charge in [-0.2, -0.15) is 0 Å². The summed E-state index contributed by atoms with van der Waals surface area (Å²) in [6.45, 7) is 6.43. The monoisotopic (exact) mass is 439 g/mol.